The van der Waals surface area contributed by atoms with E-state index < -0.39 is 0 Å². The average molecular weight is 435 g/mol. The van der Waals surface area contributed by atoms with Gasteiger partial charge in [0.2, 0.25) is 0 Å². The zero-order chi connectivity index (χ0) is 22.5. The highest BCUT2D eigenvalue weighted by molar-refractivity contribution is 5.79. The number of fused-ring (bicyclic) bond motifs is 6. The van der Waals surface area contributed by atoms with Crippen molar-refractivity contribution in [3.05, 3.63) is 154 Å². The Morgan fingerprint density at radius 1 is 0.471 bits per heavy atom. The first kappa shape index (κ1) is 19.6. The monoisotopic (exact) mass is 434 g/mol. The van der Waals surface area contributed by atoms with Crippen molar-refractivity contribution < 1.29 is 0 Å². The highest BCUT2D eigenvalue weighted by atomic mass is 14.3. The van der Waals surface area contributed by atoms with Crippen LogP contribution in [0.1, 0.15) is 44.9 Å². The van der Waals surface area contributed by atoms with Crippen molar-refractivity contribution in [2.24, 2.45) is 0 Å². The van der Waals surface area contributed by atoms with Gasteiger partial charge in [0, 0.05) is 5.92 Å². The number of rotatable bonds is 4. The van der Waals surface area contributed by atoms with Gasteiger partial charge in [-0.25, -0.2) is 0 Å². The highest BCUT2D eigenvalue weighted by Crippen LogP contribution is 2.44. The molecule has 162 valence electrons. The average Bonchev–Trinajstić information content (AvgIpc) is 3.47. The van der Waals surface area contributed by atoms with Gasteiger partial charge < -0.3 is 0 Å². The van der Waals surface area contributed by atoms with Crippen LogP contribution in [-0.2, 0) is 19.3 Å². The zero-order valence-corrected chi connectivity index (χ0v) is 19.2. The first-order valence-corrected chi connectivity index (χ1v) is 12.3. The molecule has 2 aliphatic carbocycles. The van der Waals surface area contributed by atoms with E-state index in [-0.39, 0.29) is 0 Å². The molecule has 0 amide bonds. The predicted molar refractivity (Wildman–Crippen MR) is 141 cm³/mol. The number of benzene rings is 5. The fourth-order valence-corrected chi connectivity index (χ4v) is 6.24. The van der Waals surface area contributed by atoms with Gasteiger partial charge in [-0.15, -0.1) is 0 Å². The molecular formula is C34H26. The molecule has 7 rings (SSSR count). The molecule has 0 heteroatoms. The van der Waals surface area contributed by atoms with Crippen molar-refractivity contribution >= 4 is 0 Å². The van der Waals surface area contributed by atoms with Crippen LogP contribution >= 0.6 is 0 Å². The maximum absolute atomic E-state index is 2.38. The summed E-state index contributed by atoms with van der Waals surface area (Å²) in [5.41, 5.74) is 15.9. The molecule has 0 radical (unpaired) electrons. The molecule has 1 unspecified atom stereocenters. The second-order valence-electron chi connectivity index (χ2n) is 9.65. The second kappa shape index (κ2) is 7.85. The summed E-state index contributed by atoms with van der Waals surface area (Å²) in [6.07, 6.45) is 3.10. The van der Waals surface area contributed by atoms with Crippen LogP contribution in [0.3, 0.4) is 0 Å². The summed E-state index contributed by atoms with van der Waals surface area (Å²) in [6.45, 7) is 0. The van der Waals surface area contributed by atoms with Gasteiger partial charge in [0.25, 0.3) is 0 Å². The lowest BCUT2D eigenvalue weighted by atomic mass is 9.81. The van der Waals surface area contributed by atoms with Crippen molar-refractivity contribution in [3.8, 4) is 22.3 Å². The molecule has 0 saturated heterocycles. The largest absolute Gasteiger partial charge is 0.0622 e. The third-order valence-corrected chi connectivity index (χ3v) is 7.84. The first-order valence-electron chi connectivity index (χ1n) is 12.3. The van der Waals surface area contributed by atoms with Crippen molar-refractivity contribution in [3.63, 3.8) is 0 Å². The fraction of sp³-hybridized carbons (Fsp3) is 0.118. The molecule has 0 aliphatic heterocycles. The van der Waals surface area contributed by atoms with Gasteiger partial charge >= 0.3 is 0 Å². The molecule has 1 atom stereocenters. The Morgan fingerprint density at radius 2 is 1.03 bits per heavy atom. The predicted octanol–water partition coefficient (Wildman–Crippen LogP) is 8.20. The second-order valence-corrected chi connectivity index (χ2v) is 9.65. The van der Waals surface area contributed by atoms with E-state index in [1.54, 1.807) is 0 Å². The minimum Gasteiger partial charge on any atom is -0.0622 e. The molecular weight excluding hydrogens is 408 g/mol. The summed E-state index contributed by atoms with van der Waals surface area (Å²) < 4.78 is 0. The molecule has 0 bridgehead atoms. The lowest BCUT2D eigenvalue weighted by Crippen LogP contribution is -2.09. The minimum atomic E-state index is 0.334. The fourth-order valence-electron chi connectivity index (χ4n) is 6.24. The van der Waals surface area contributed by atoms with Crippen LogP contribution in [0.15, 0.2) is 115 Å². The lowest BCUT2D eigenvalue weighted by Gasteiger charge is -2.23. The van der Waals surface area contributed by atoms with E-state index in [1.165, 1.54) is 61.2 Å². The van der Waals surface area contributed by atoms with E-state index in [0.717, 1.165) is 19.3 Å². The Labute approximate surface area is 201 Å². The van der Waals surface area contributed by atoms with Gasteiger partial charge in [-0.05, 0) is 80.5 Å². The first-order chi connectivity index (χ1) is 16.9. The Morgan fingerprint density at radius 3 is 1.76 bits per heavy atom. The Bertz CT molecular complexity index is 1520. The van der Waals surface area contributed by atoms with E-state index in [4.69, 9.17) is 0 Å². The molecule has 0 heterocycles. The number of hydrogen-bond acceptors (Lipinski definition) is 0. The maximum Gasteiger partial charge on any atom is 0.0133 e. The smallest absolute Gasteiger partial charge is 0.0133 e. The third kappa shape index (κ3) is 3.06. The van der Waals surface area contributed by atoms with Gasteiger partial charge in [0.1, 0.15) is 0 Å². The van der Waals surface area contributed by atoms with E-state index in [9.17, 15) is 0 Å². The molecule has 5 aromatic carbocycles. The standard InChI is InChI=1S/C34H26/c1-2-10-23(11-3-1)32(31-19-9-18-30-28-16-7-5-13-25(28)22-34(30)31)21-26-14-8-17-29-27-15-6-4-12-24(27)20-33(26)29/h1-19,32H,20-22H2. The summed E-state index contributed by atoms with van der Waals surface area (Å²) in [7, 11) is 0. The summed E-state index contributed by atoms with van der Waals surface area (Å²) in [5.74, 6) is 0.334. The zero-order valence-electron chi connectivity index (χ0n) is 19.2. The van der Waals surface area contributed by atoms with E-state index in [1.807, 2.05) is 0 Å². The molecule has 5 aromatic rings. The Kier molecular flexibility index (Phi) is 4.52. The topological polar surface area (TPSA) is 0 Å². The van der Waals surface area contributed by atoms with Crippen LogP contribution in [0.4, 0.5) is 0 Å². The van der Waals surface area contributed by atoms with Crippen LogP contribution in [0, 0.1) is 0 Å². The molecule has 0 aromatic heterocycles. The van der Waals surface area contributed by atoms with Gasteiger partial charge in [-0.3, -0.25) is 0 Å². The third-order valence-electron chi connectivity index (χ3n) is 7.84. The Balaban J connectivity index is 1.36. The summed E-state index contributed by atoms with van der Waals surface area (Å²) >= 11 is 0. The van der Waals surface area contributed by atoms with E-state index in [0.29, 0.717) is 5.92 Å². The molecule has 0 fully saturated rings. The van der Waals surface area contributed by atoms with Gasteiger partial charge in [0.15, 0.2) is 0 Å². The van der Waals surface area contributed by atoms with Crippen LogP contribution < -0.4 is 0 Å². The molecule has 34 heavy (non-hydrogen) atoms. The van der Waals surface area contributed by atoms with E-state index in [2.05, 4.69) is 115 Å². The van der Waals surface area contributed by atoms with Gasteiger partial charge in [0.05, 0.1) is 0 Å². The lowest BCUT2D eigenvalue weighted by molar-refractivity contribution is 0.790. The maximum atomic E-state index is 2.38. The van der Waals surface area contributed by atoms with Crippen molar-refractivity contribution in [2.45, 2.75) is 25.2 Å². The normalized spacial score (nSPS) is 13.6. The SMILES string of the molecule is c1ccc(C(Cc2cccc3c2Cc2ccccc2-3)c2cccc3c2Cc2ccccc2-3)cc1. The van der Waals surface area contributed by atoms with Crippen molar-refractivity contribution in [2.75, 3.05) is 0 Å². The molecule has 0 N–H and O–H groups in total. The summed E-state index contributed by atoms with van der Waals surface area (Å²) in [4.78, 5) is 0. The van der Waals surface area contributed by atoms with E-state index >= 15 is 0 Å². The highest BCUT2D eigenvalue weighted by Gasteiger charge is 2.27. The quantitative estimate of drug-likeness (QED) is 0.262. The van der Waals surface area contributed by atoms with Crippen LogP contribution in [0.5, 0.6) is 0 Å². The molecule has 2 aliphatic rings. The van der Waals surface area contributed by atoms with Crippen LogP contribution in [0.25, 0.3) is 22.3 Å². The van der Waals surface area contributed by atoms with Crippen molar-refractivity contribution in [1.82, 2.24) is 0 Å². The minimum absolute atomic E-state index is 0.334. The Hall–Kier alpha value is -3.90. The molecule has 0 nitrogen and oxygen atoms in total. The van der Waals surface area contributed by atoms with Crippen molar-refractivity contribution in [1.29, 1.82) is 0 Å². The van der Waals surface area contributed by atoms with Gasteiger partial charge in [-0.2, -0.15) is 0 Å². The molecule has 0 saturated carbocycles. The number of hydrogen-bond donors (Lipinski definition) is 0. The van der Waals surface area contributed by atoms with Crippen LogP contribution in [0.2, 0.25) is 0 Å². The molecule has 0 spiro atoms. The summed E-state index contributed by atoms with van der Waals surface area (Å²) in [5, 5.41) is 0. The summed E-state index contributed by atoms with van der Waals surface area (Å²) in [6, 6.07) is 42.8. The van der Waals surface area contributed by atoms with Gasteiger partial charge in [-0.1, -0.05) is 115 Å². The van der Waals surface area contributed by atoms with Crippen LogP contribution in [-0.4, -0.2) is 0 Å².